The fourth-order valence-corrected chi connectivity index (χ4v) is 5.35. The van der Waals surface area contributed by atoms with Crippen LogP contribution in [0.1, 0.15) is 50.5 Å². The molecule has 2 atom stereocenters. The predicted molar refractivity (Wildman–Crippen MR) is 109 cm³/mol. The van der Waals surface area contributed by atoms with E-state index in [-0.39, 0.29) is 16.7 Å². The molecule has 1 N–H and O–H groups in total. The Morgan fingerprint density at radius 3 is 2.69 bits per heavy atom. The molecule has 0 radical (unpaired) electrons. The number of carbonyl (C=O) groups excluding carboxylic acids is 1. The standard InChI is InChI=1S/C19H27N3O2S2/c1-5-11(2)10-14-12(3)25-17-15(14)16(23)20-19(21-17)26-13(4)18(24)22-8-6-7-9-22/h11,13H,5-10H2,1-4H3,(H,20,21,23)/t11-,13+/m0/s1. The molecule has 3 heterocycles. The van der Waals surface area contributed by atoms with Gasteiger partial charge in [0.1, 0.15) is 4.83 Å². The molecule has 0 unspecified atom stereocenters. The third-order valence-electron chi connectivity index (χ3n) is 5.14. The minimum absolute atomic E-state index is 0.0824. The number of thiophene rings is 1. The normalized spacial score (nSPS) is 17.0. The maximum absolute atomic E-state index is 12.7. The lowest BCUT2D eigenvalue weighted by Crippen LogP contribution is -2.34. The summed E-state index contributed by atoms with van der Waals surface area (Å²) in [6.45, 7) is 10.0. The molecule has 1 amide bonds. The number of nitrogens with one attached hydrogen (secondary N) is 1. The van der Waals surface area contributed by atoms with Crippen molar-refractivity contribution in [2.24, 2.45) is 5.92 Å². The Labute approximate surface area is 162 Å². The topological polar surface area (TPSA) is 66.1 Å². The fraction of sp³-hybridized carbons (Fsp3) is 0.632. The van der Waals surface area contributed by atoms with Gasteiger partial charge in [-0.05, 0) is 44.6 Å². The highest BCUT2D eigenvalue weighted by atomic mass is 32.2. The molecule has 142 valence electrons. The van der Waals surface area contributed by atoms with Gasteiger partial charge in [0.15, 0.2) is 5.16 Å². The van der Waals surface area contributed by atoms with E-state index in [0.29, 0.717) is 11.1 Å². The highest BCUT2D eigenvalue weighted by Gasteiger charge is 2.25. The van der Waals surface area contributed by atoms with Gasteiger partial charge in [-0.3, -0.25) is 9.59 Å². The molecular formula is C19H27N3O2S2. The molecule has 26 heavy (non-hydrogen) atoms. The van der Waals surface area contributed by atoms with Gasteiger partial charge in [-0.25, -0.2) is 4.98 Å². The molecule has 3 rings (SSSR count). The first-order chi connectivity index (χ1) is 12.4. The van der Waals surface area contributed by atoms with Crippen LogP contribution in [-0.4, -0.2) is 39.1 Å². The van der Waals surface area contributed by atoms with Crippen LogP contribution in [0.25, 0.3) is 10.2 Å². The van der Waals surface area contributed by atoms with E-state index in [9.17, 15) is 9.59 Å². The van der Waals surface area contributed by atoms with Crippen molar-refractivity contribution >= 4 is 39.2 Å². The van der Waals surface area contributed by atoms with Gasteiger partial charge in [-0.15, -0.1) is 11.3 Å². The molecule has 1 aliphatic heterocycles. The number of carbonyl (C=O) groups is 1. The number of hydrogen-bond donors (Lipinski definition) is 1. The Balaban J connectivity index is 1.85. The van der Waals surface area contributed by atoms with Gasteiger partial charge in [0, 0.05) is 18.0 Å². The molecule has 2 aromatic rings. The Bertz CT molecular complexity index is 852. The van der Waals surface area contributed by atoms with Gasteiger partial charge in [0.2, 0.25) is 5.91 Å². The molecule has 0 aliphatic carbocycles. The average molecular weight is 394 g/mol. The lowest BCUT2D eigenvalue weighted by atomic mass is 9.98. The zero-order valence-electron chi connectivity index (χ0n) is 15.9. The number of likely N-dealkylation sites (tertiary alicyclic amines) is 1. The summed E-state index contributed by atoms with van der Waals surface area (Å²) in [5, 5.41) is 1.03. The van der Waals surface area contributed by atoms with Crippen molar-refractivity contribution in [3.63, 3.8) is 0 Å². The minimum atomic E-state index is -0.241. The smallest absolute Gasteiger partial charge is 0.260 e. The third-order valence-corrected chi connectivity index (χ3v) is 7.16. The number of aryl methyl sites for hydroxylation is 1. The SMILES string of the molecule is CC[C@H](C)Cc1c(C)sc2nc(S[C@H](C)C(=O)N3CCCC3)[nH]c(=O)c12. The van der Waals surface area contributed by atoms with E-state index >= 15 is 0 Å². The summed E-state index contributed by atoms with van der Waals surface area (Å²) in [6.07, 6.45) is 4.16. The van der Waals surface area contributed by atoms with Crippen molar-refractivity contribution in [3.8, 4) is 0 Å². The zero-order chi connectivity index (χ0) is 18.8. The summed E-state index contributed by atoms with van der Waals surface area (Å²) in [6, 6.07) is 0. The molecular weight excluding hydrogens is 366 g/mol. The second-order valence-corrected chi connectivity index (χ2v) is 9.73. The molecule has 0 aromatic carbocycles. The van der Waals surface area contributed by atoms with Gasteiger partial charge in [0.25, 0.3) is 5.56 Å². The Morgan fingerprint density at radius 1 is 1.35 bits per heavy atom. The van der Waals surface area contributed by atoms with Crippen LogP contribution in [0.15, 0.2) is 9.95 Å². The van der Waals surface area contributed by atoms with Crippen LogP contribution in [0.5, 0.6) is 0 Å². The van der Waals surface area contributed by atoms with Crippen molar-refractivity contribution in [1.82, 2.24) is 14.9 Å². The van der Waals surface area contributed by atoms with Crippen molar-refractivity contribution in [2.75, 3.05) is 13.1 Å². The van der Waals surface area contributed by atoms with E-state index in [1.54, 1.807) is 11.3 Å². The second-order valence-electron chi connectivity index (χ2n) is 7.20. The predicted octanol–water partition coefficient (Wildman–Crippen LogP) is 3.98. The lowest BCUT2D eigenvalue weighted by molar-refractivity contribution is -0.129. The number of rotatable bonds is 6. The van der Waals surface area contributed by atoms with Crippen molar-refractivity contribution < 1.29 is 4.79 Å². The molecule has 7 heteroatoms. The number of thioether (sulfide) groups is 1. The van der Waals surface area contributed by atoms with Crippen LogP contribution in [0, 0.1) is 12.8 Å². The Hall–Kier alpha value is -1.34. The summed E-state index contributed by atoms with van der Waals surface area (Å²) < 4.78 is 0. The van der Waals surface area contributed by atoms with Crippen LogP contribution >= 0.6 is 23.1 Å². The largest absolute Gasteiger partial charge is 0.342 e. The maximum Gasteiger partial charge on any atom is 0.260 e. The molecule has 0 spiro atoms. The number of fused-ring (bicyclic) bond motifs is 1. The van der Waals surface area contributed by atoms with Crippen LogP contribution < -0.4 is 5.56 Å². The average Bonchev–Trinajstić information content (AvgIpc) is 3.23. The number of hydrogen-bond acceptors (Lipinski definition) is 5. The fourth-order valence-electron chi connectivity index (χ4n) is 3.36. The summed E-state index contributed by atoms with van der Waals surface area (Å²) in [4.78, 5) is 36.6. The quantitative estimate of drug-likeness (QED) is 0.595. The highest BCUT2D eigenvalue weighted by molar-refractivity contribution is 8.00. The van der Waals surface area contributed by atoms with E-state index in [1.807, 2.05) is 11.8 Å². The van der Waals surface area contributed by atoms with Crippen LogP contribution in [0.4, 0.5) is 0 Å². The van der Waals surface area contributed by atoms with Gasteiger partial charge < -0.3 is 9.88 Å². The van der Waals surface area contributed by atoms with Crippen molar-refractivity contribution in [1.29, 1.82) is 0 Å². The van der Waals surface area contributed by atoms with Gasteiger partial charge >= 0.3 is 0 Å². The van der Waals surface area contributed by atoms with Crippen LogP contribution in [0.3, 0.4) is 0 Å². The van der Waals surface area contributed by atoms with E-state index in [4.69, 9.17) is 0 Å². The molecule has 1 saturated heterocycles. The maximum atomic E-state index is 12.7. The molecule has 2 aromatic heterocycles. The number of nitrogens with zero attached hydrogens (tertiary/aromatic N) is 2. The van der Waals surface area contributed by atoms with E-state index in [0.717, 1.165) is 54.6 Å². The zero-order valence-corrected chi connectivity index (χ0v) is 17.6. The molecule has 5 nitrogen and oxygen atoms in total. The Kier molecular flexibility index (Phi) is 6.07. The Morgan fingerprint density at radius 2 is 2.04 bits per heavy atom. The van der Waals surface area contributed by atoms with Crippen LogP contribution in [-0.2, 0) is 11.2 Å². The first kappa shape index (κ1) is 19.4. The first-order valence-electron chi connectivity index (χ1n) is 9.38. The molecule has 0 saturated carbocycles. The third kappa shape index (κ3) is 3.98. The number of amides is 1. The number of aromatic amines is 1. The van der Waals surface area contributed by atoms with Gasteiger partial charge in [0.05, 0.1) is 10.6 Å². The summed E-state index contributed by atoms with van der Waals surface area (Å²) in [5.74, 6) is 0.674. The van der Waals surface area contributed by atoms with E-state index in [1.165, 1.54) is 16.6 Å². The van der Waals surface area contributed by atoms with Gasteiger partial charge in [-0.1, -0.05) is 32.0 Å². The highest BCUT2D eigenvalue weighted by Crippen LogP contribution is 2.31. The summed E-state index contributed by atoms with van der Waals surface area (Å²) >= 11 is 2.93. The van der Waals surface area contributed by atoms with Crippen molar-refractivity contribution in [3.05, 3.63) is 20.8 Å². The monoisotopic (exact) mass is 393 g/mol. The van der Waals surface area contributed by atoms with E-state index in [2.05, 4.69) is 30.7 Å². The lowest BCUT2D eigenvalue weighted by Gasteiger charge is -2.19. The van der Waals surface area contributed by atoms with Crippen LogP contribution in [0.2, 0.25) is 0 Å². The minimum Gasteiger partial charge on any atom is -0.342 e. The molecule has 1 fully saturated rings. The number of H-pyrrole nitrogens is 1. The van der Waals surface area contributed by atoms with Gasteiger partial charge in [-0.2, -0.15) is 0 Å². The molecule has 0 bridgehead atoms. The second kappa shape index (κ2) is 8.13. The van der Waals surface area contributed by atoms with Crippen molar-refractivity contribution in [2.45, 2.75) is 63.8 Å². The molecule has 1 aliphatic rings. The number of aromatic nitrogens is 2. The van der Waals surface area contributed by atoms with E-state index < -0.39 is 0 Å². The summed E-state index contributed by atoms with van der Waals surface area (Å²) in [7, 11) is 0. The summed E-state index contributed by atoms with van der Waals surface area (Å²) in [5.41, 5.74) is 1.05. The first-order valence-corrected chi connectivity index (χ1v) is 11.1.